The number of nitrogens with zero attached hydrogens (tertiary/aromatic N) is 3. The van der Waals surface area contributed by atoms with Crippen molar-refractivity contribution in [1.82, 2.24) is 14.5 Å². The van der Waals surface area contributed by atoms with E-state index in [1.165, 1.54) is 12.2 Å². The van der Waals surface area contributed by atoms with Gasteiger partial charge in [0.2, 0.25) is 12.2 Å². The summed E-state index contributed by atoms with van der Waals surface area (Å²) in [6.07, 6.45) is 3.05. The number of rotatable bonds is 6. The van der Waals surface area contributed by atoms with Crippen LogP contribution in [0.5, 0.6) is 0 Å². The van der Waals surface area contributed by atoms with Crippen LogP contribution in [0.15, 0.2) is 66.8 Å². The van der Waals surface area contributed by atoms with Gasteiger partial charge in [-0.2, -0.15) is 9.98 Å². The van der Waals surface area contributed by atoms with Crippen LogP contribution in [-0.2, 0) is 9.59 Å². The van der Waals surface area contributed by atoms with Crippen LogP contribution in [0.4, 0.5) is 0 Å². The molecule has 0 amide bonds. The van der Waals surface area contributed by atoms with Gasteiger partial charge in [-0.15, -0.1) is 0 Å². The Morgan fingerprint density at radius 1 is 0.839 bits per heavy atom. The third-order valence-electron chi connectivity index (χ3n) is 4.79. The highest BCUT2D eigenvalue weighted by molar-refractivity contribution is 5.70. The van der Waals surface area contributed by atoms with Crippen LogP contribution in [0.25, 0.3) is 16.8 Å². The first-order chi connectivity index (χ1) is 14.8. The molecule has 10 nitrogen and oxygen atoms in total. The molecule has 0 aliphatic heterocycles. The summed E-state index contributed by atoms with van der Waals surface area (Å²) in [5, 5.41) is 0. The zero-order valence-corrected chi connectivity index (χ0v) is 16.6. The Kier molecular flexibility index (Phi) is 6.16. The van der Waals surface area contributed by atoms with Crippen molar-refractivity contribution in [3.05, 3.63) is 85.0 Å². The Bertz CT molecular complexity index is 1350. The third kappa shape index (κ3) is 4.45. The Morgan fingerprint density at radius 3 is 2.00 bits per heavy atom. The van der Waals surface area contributed by atoms with Crippen LogP contribution in [0.3, 0.4) is 0 Å². The lowest BCUT2D eigenvalue weighted by Crippen LogP contribution is -2.42. The maximum Gasteiger partial charge on any atom is 0.338 e. The van der Waals surface area contributed by atoms with Crippen LogP contribution in [0.1, 0.15) is 37.1 Å². The molecule has 156 valence electrons. The monoisotopic (exact) mass is 419 g/mol. The molecule has 2 atom stereocenters. The Balaban J connectivity index is 2.17. The quantitative estimate of drug-likeness (QED) is 0.461. The number of aliphatic imine (C=N–C) groups is 2. The van der Waals surface area contributed by atoms with Crippen molar-refractivity contribution in [2.75, 3.05) is 0 Å². The molecule has 0 saturated carbocycles. The lowest BCUT2D eigenvalue weighted by molar-refractivity contribution is 0.559. The molecule has 10 heteroatoms. The van der Waals surface area contributed by atoms with E-state index in [2.05, 4.69) is 9.98 Å². The normalized spacial score (nSPS) is 12.3. The van der Waals surface area contributed by atoms with Gasteiger partial charge in [-0.1, -0.05) is 30.3 Å². The van der Waals surface area contributed by atoms with Crippen LogP contribution >= 0.6 is 0 Å². The van der Waals surface area contributed by atoms with E-state index in [0.717, 1.165) is 15.7 Å². The van der Waals surface area contributed by atoms with E-state index >= 15 is 0 Å². The van der Waals surface area contributed by atoms with Gasteiger partial charge < -0.3 is 0 Å². The predicted molar refractivity (Wildman–Crippen MR) is 112 cm³/mol. The molecule has 1 aromatic heterocycles. The molecule has 2 unspecified atom stereocenters. The molecule has 0 aliphatic rings. The van der Waals surface area contributed by atoms with Crippen molar-refractivity contribution in [2.24, 2.45) is 9.98 Å². The van der Waals surface area contributed by atoms with Gasteiger partial charge in [0.15, 0.2) is 0 Å². The lowest BCUT2D eigenvalue weighted by atomic mass is 9.94. The van der Waals surface area contributed by atoms with Crippen molar-refractivity contribution in [3.8, 4) is 16.8 Å². The number of isocyanates is 2. The highest BCUT2D eigenvalue weighted by atomic mass is 16.2. The van der Waals surface area contributed by atoms with Crippen molar-refractivity contribution < 1.29 is 9.59 Å². The molecule has 2 N–H and O–H groups in total. The molecule has 3 rings (SSSR count). The molecule has 31 heavy (non-hydrogen) atoms. The van der Waals surface area contributed by atoms with Crippen LogP contribution in [0.2, 0.25) is 0 Å². The second kappa shape index (κ2) is 8.96. The van der Waals surface area contributed by atoms with Gasteiger partial charge in [0.1, 0.15) is 0 Å². The third-order valence-corrected chi connectivity index (χ3v) is 4.79. The Hall–Kier alpha value is -4.39. The summed E-state index contributed by atoms with van der Waals surface area (Å²) in [6, 6.07) is 11.1. The first-order valence-corrected chi connectivity index (χ1v) is 9.20. The first-order valence-electron chi connectivity index (χ1n) is 9.20. The summed E-state index contributed by atoms with van der Waals surface area (Å²) >= 11 is 0. The van der Waals surface area contributed by atoms with E-state index in [4.69, 9.17) is 0 Å². The van der Waals surface area contributed by atoms with Gasteiger partial charge in [-0.05, 0) is 48.2 Å². The second-order valence-corrected chi connectivity index (χ2v) is 6.71. The summed E-state index contributed by atoms with van der Waals surface area (Å²) in [6.45, 7) is 3.43. The standard InChI is InChI=1S/C21H17N5O5/c1-12(22-10-27)14-3-5-15(6-4-14)17-8-7-16(9-18(17)13(2)23-11-28)26-20(30)24-19(29)25-21(26)31/h3-9,12-13H,1-2H3,(H2,24,25,29,30,31). The van der Waals surface area contributed by atoms with Gasteiger partial charge in [-0.25, -0.2) is 28.5 Å². The number of H-pyrrole nitrogens is 2. The molecular formula is C21H17N5O5. The molecule has 1 heterocycles. The molecule has 0 bridgehead atoms. The SMILES string of the molecule is CC(N=C=O)c1ccc(-c2ccc(-n3c(=O)[nH]c(=O)[nH]c3=O)cc2C(C)N=C=O)cc1. The number of aromatic amines is 2. The minimum absolute atomic E-state index is 0.194. The van der Waals surface area contributed by atoms with Crippen LogP contribution in [0, 0.1) is 0 Å². The fraction of sp³-hybridized carbons (Fsp3) is 0.190. The maximum absolute atomic E-state index is 12.1. The topological polar surface area (TPSA) is 147 Å². The molecular weight excluding hydrogens is 402 g/mol. The summed E-state index contributed by atoms with van der Waals surface area (Å²) < 4.78 is 0.772. The fourth-order valence-corrected chi connectivity index (χ4v) is 3.21. The molecule has 0 spiro atoms. The summed E-state index contributed by atoms with van der Waals surface area (Å²) in [7, 11) is 0. The highest BCUT2D eigenvalue weighted by Crippen LogP contribution is 2.32. The Labute approximate surface area is 174 Å². The maximum atomic E-state index is 12.1. The van der Waals surface area contributed by atoms with E-state index in [1.807, 2.05) is 34.2 Å². The molecule has 3 aromatic rings. The van der Waals surface area contributed by atoms with Crippen molar-refractivity contribution in [2.45, 2.75) is 25.9 Å². The van der Waals surface area contributed by atoms with Crippen molar-refractivity contribution in [3.63, 3.8) is 0 Å². The highest BCUT2D eigenvalue weighted by Gasteiger charge is 2.16. The van der Waals surface area contributed by atoms with Gasteiger partial charge in [0.25, 0.3) is 0 Å². The van der Waals surface area contributed by atoms with Gasteiger partial charge >= 0.3 is 17.1 Å². The first kappa shape index (κ1) is 21.3. The average molecular weight is 419 g/mol. The smallest absolute Gasteiger partial charge is 0.258 e. The molecule has 0 fully saturated rings. The van der Waals surface area contributed by atoms with Crippen molar-refractivity contribution >= 4 is 12.2 Å². The van der Waals surface area contributed by atoms with Crippen molar-refractivity contribution in [1.29, 1.82) is 0 Å². The molecule has 0 saturated heterocycles. The summed E-state index contributed by atoms with van der Waals surface area (Å²) in [5.41, 5.74) is 0.363. The van der Waals surface area contributed by atoms with E-state index in [1.54, 1.807) is 32.0 Å². The second-order valence-electron chi connectivity index (χ2n) is 6.71. The number of nitrogens with one attached hydrogen (secondary N) is 2. The zero-order chi connectivity index (χ0) is 22.5. The van der Waals surface area contributed by atoms with E-state index < -0.39 is 23.1 Å². The average Bonchev–Trinajstić information content (AvgIpc) is 2.73. The number of benzene rings is 2. The Morgan fingerprint density at radius 2 is 1.42 bits per heavy atom. The number of hydrogen-bond donors (Lipinski definition) is 2. The molecule has 2 aromatic carbocycles. The van der Waals surface area contributed by atoms with E-state index in [-0.39, 0.29) is 11.7 Å². The molecule has 0 radical (unpaired) electrons. The minimum Gasteiger partial charge on any atom is -0.258 e. The number of carbonyl (C=O) groups excluding carboxylic acids is 2. The van der Waals surface area contributed by atoms with Gasteiger partial charge in [0, 0.05) is 0 Å². The number of hydrogen-bond acceptors (Lipinski definition) is 7. The fourth-order valence-electron chi connectivity index (χ4n) is 3.21. The molecule has 0 aliphatic carbocycles. The largest absolute Gasteiger partial charge is 0.338 e. The van der Waals surface area contributed by atoms with Crippen LogP contribution < -0.4 is 17.1 Å². The van der Waals surface area contributed by atoms with Gasteiger partial charge in [-0.3, -0.25) is 9.97 Å². The summed E-state index contributed by atoms with van der Waals surface area (Å²) in [5.74, 6) is 0. The van der Waals surface area contributed by atoms with E-state index in [9.17, 15) is 24.0 Å². The minimum atomic E-state index is -0.907. The van der Waals surface area contributed by atoms with Gasteiger partial charge in [0.05, 0.1) is 17.8 Å². The van der Waals surface area contributed by atoms with E-state index in [0.29, 0.717) is 11.1 Å². The number of aromatic nitrogens is 3. The predicted octanol–water partition coefficient (Wildman–Crippen LogP) is 1.67. The van der Waals surface area contributed by atoms with Crippen LogP contribution in [-0.4, -0.2) is 26.7 Å². The summed E-state index contributed by atoms with van der Waals surface area (Å²) in [4.78, 5) is 68.3. The zero-order valence-electron chi connectivity index (χ0n) is 16.6. The lowest BCUT2D eigenvalue weighted by Gasteiger charge is -2.15.